The van der Waals surface area contributed by atoms with Crippen LogP contribution in [0, 0.1) is 5.92 Å². The summed E-state index contributed by atoms with van der Waals surface area (Å²) in [6.45, 7) is 3.38. The predicted octanol–water partition coefficient (Wildman–Crippen LogP) is 1.53. The van der Waals surface area contributed by atoms with E-state index in [1.807, 2.05) is 13.2 Å². The molecule has 1 N–H and O–H groups in total. The van der Waals surface area contributed by atoms with Gasteiger partial charge in [-0.25, -0.2) is 0 Å². The molecule has 1 aliphatic rings. The summed E-state index contributed by atoms with van der Waals surface area (Å²) in [7, 11) is 1.93. The summed E-state index contributed by atoms with van der Waals surface area (Å²) in [6, 6.07) is 0.738. The number of hydrogen-bond donors (Lipinski definition) is 1. The van der Waals surface area contributed by atoms with Crippen molar-refractivity contribution >= 4 is 0 Å². The first-order valence-electron chi connectivity index (χ1n) is 6.36. The van der Waals surface area contributed by atoms with E-state index < -0.39 is 0 Å². The monoisotopic (exact) mass is 222 g/mol. The maximum atomic E-state index is 4.16. The van der Waals surface area contributed by atoms with Crippen LogP contribution >= 0.6 is 0 Å². The lowest BCUT2D eigenvalue weighted by Crippen LogP contribution is -2.27. The quantitative estimate of drug-likeness (QED) is 0.821. The largest absolute Gasteiger partial charge is 0.314 e. The van der Waals surface area contributed by atoms with Gasteiger partial charge < -0.3 is 5.32 Å². The van der Waals surface area contributed by atoms with Crippen molar-refractivity contribution in [2.45, 2.75) is 45.1 Å². The number of aromatic nitrogens is 3. The van der Waals surface area contributed by atoms with Gasteiger partial charge in [-0.05, 0) is 44.6 Å². The van der Waals surface area contributed by atoms with Gasteiger partial charge in [-0.15, -0.1) is 5.10 Å². The van der Waals surface area contributed by atoms with Crippen LogP contribution in [-0.4, -0.2) is 27.6 Å². The lowest BCUT2D eigenvalue weighted by molar-refractivity contribution is 0.481. The molecule has 0 aliphatic heterocycles. The molecule has 2 atom stereocenters. The molecule has 1 heterocycles. The van der Waals surface area contributed by atoms with E-state index in [4.69, 9.17) is 0 Å². The van der Waals surface area contributed by atoms with Gasteiger partial charge in [-0.3, -0.25) is 4.68 Å². The van der Waals surface area contributed by atoms with E-state index in [-0.39, 0.29) is 0 Å². The van der Waals surface area contributed by atoms with Crippen molar-refractivity contribution in [2.75, 3.05) is 6.54 Å². The first-order valence-corrected chi connectivity index (χ1v) is 6.36. The Kier molecular flexibility index (Phi) is 3.93. The molecule has 0 saturated heterocycles. The molecule has 16 heavy (non-hydrogen) atoms. The van der Waals surface area contributed by atoms with Gasteiger partial charge in [0.1, 0.15) is 0 Å². The van der Waals surface area contributed by atoms with Crippen LogP contribution in [0.1, 0.15) is 38.3 Å². The zero-order chi connectivity index (χ0) is 11.4. The molecule has 4 heteroatoms. The Morgan fingerprint density at radius 3 is 3.06 bits per heavy atom. The minimum atomic E-state index is 0.738. The standard InChI is InChI=1S/C12H22N4/c1-3-6-13-11-5-4-10(7-11)8-12-9-16(2)15-14-12/h9-11,13H,3-8H2,1-2H3. The minimum Gasteiger partial charge on any atom is -0.314 e. The molecule has 1 aliphatic carbocycles. The maximum absolute atomic E-state index is 4.16. The molecule has 1 saturated carbocycles. The Morgan fingerprint density at radius 2 is 2.38 bits per heavy atom. The number of aryl methyl sites for hydroxylation is 1. The van der Waals surface area contributed by atoms with Crippen molar-refractivity contribution in [1.29, 1.82) is 0 Å². The van der Waals surface area contributed by atoms with Crippen molar-refractivity contribution in [3.05, 3.63) is 11.9 Å². The second kappa shape index (κ2) is 5.43. The first kappa shape index (κ1) is 11.6. The SMILES string of the molecule is CCCNC1CCC(Cc2cn(C)nn2)C1. The van der Waals surface area contributed by atoms with Crippen LogP contribution in [0.2, 0.25) is 0 Å². The van der Waals surface area contributed by atoms with Crippen molar-refractivity contribution in [2.24, 2.45) is 13.0 Å². The van der Waals surface area contributed by atoms with Gasteiger partial charge in [0, 0.05) is 19.3 Å². The summed E-state index contributed by atoms with van der Waals surface area (Å²) in [5.74, 6) is 0.797. The smallest absolute Gasteiger partial charge is 0.0829 e. The molecular weight excluding hydrogens is 200 g/mol. The van der Waals surface area contributed by atoms with Crippen LogP contribution in [-0.2, 0) is 13.5 Å². The number of rotatable bonds is 5. The molecule has 0 aromatic carbocycles. The normalized spacial score (nSPS) is 25.1. The van der Waals surface area contributed by atoms with Crippen molar-refractivity contribution in [1.82, 2.24) is 20.3 Å². The molecular formula is C12H22N4. The highest BCUT2D eigenvalue weighted by Crippen LogP contribution is 2.28. The van der Waals surface area contributed by atoms with Crippen molar-refractivity contribution in [3.8, 4) is 0 Å². The Bertz CT molecular complexity index is 321. The van der Waals surface area contributed by atoms with Gasteiger partial charge in [0.25, 0.3) is 0 Å². The fraction of sp³-hybridized carbons (Fsp3) is 0.833. The Morgan fingerprint density at radius 1 is 1.50 bits per heavy atom. The topological polar surface area (TPSA) is 42.7 Å². The summed E-state index contributed by atoms with van der Waals surface area (Å²) in [6.07, 6.45) is 8.32. The van der Waals surface area contributed by atoms with Gasteiger partial charge in [0.2, 0.25) is 0 Å². The Balaban J connectivity index is 1.76. The van der Waals surface area contributed by atoms with Gasteiger partial charge in [0.15, 0.2) is 0 Å². The zero-order valence-electron chi connectivity index (χ0n) is 10.3. The molecule has 4 nitrogen and oxygen atoms in total. The van der Waals surface area contributed by atoms with E-state index in [0.717, 1.165) is 30.6 Å². The fourth-order valence-electron chi connectivity index (χ4n) is 2.58. The van der Waals surface area contributed by atoms with E-state index in [1.54, 1.807) is 4.68 Å². The summed E-state index contributed by atoms with van der Waals surface area (Å²) in [5, 5.41) is 11.7. The number of nitrogens with zero attached hydrogens (tertiary/aromatic N) is 3. The van der Waals surface area contributed by atoms with Crippen molar-refractivity contribution < 1.29 is 0 Å². The second-order valence-corrected chi connectivity index (χ2v) is 4.92. The summed E-state index contributed by atoms with van der Waals surface area (Å²) in [5.41, 5.74) is 1.14. The van der Waals surface area contributed by atoms with E-state index in [0.29, 0.717) is 0 Å². The lowest BCUT2D eigenvalue weighted by Gasteiger charge is -2.11. The number of hydrogen-bond acceptors (Lipinski definition) is 3. The molecule has 0 spiro atoms. The molecule has 1 aromatic heterocycles. The molecule has 0 radical (unpaired) electrons. The zero-order valence-corrected chi connectivity index (χ0v) is 10.3. The number of nitrogens with one attached hydrogen (secondary N) is 1. The van der Waals surface area contributed by atoms with Crippen LogP contribution < -0.4 is 5.32 Å². The molecule has 2 rings (SSSR count). The third kappa shape index (κ3) is 3.04. The van der Waals surface area contributed by atoms with E-state index in [1.165, 1.54) is 25.7 Å². The van der Waals surface area contributed by atoms with Crippen LogP contribution in [0.4, 0.5) is 0 Å². The van der Waals surface area contributed by atoms with Crippen LogP contribution in [0.15, 0.2) is 6.20 Å². The summed E-state index contributed by atoms with van der Waals surface area (Å²) in [4.78, 5) is 0. The molecule has 0 bridgehead atoms. The summed E-state index contributed by atoms with van der Waals surface area (Å²) < 4.78 is 1.79. The molecule has 1 fully saturated rings. The van der Waals surface area contributed by atoms with Crippen LogP contribution in [0.25, 0.3) is 0 Å². The highest BCUT2D eigenvalue weighted by Gasteiger charge is 2.24. The second-order valence-electron chi connectivity index (χ2n) is 4.92. The average molecular weight is 222 g/mol. The van der Waals surface area contributed by atoms with Crippen LogP contribution in [0.5, 0.6) is 0 Å². The first-order chi connectivity index (χ1) is 7.78. The molecule has 90 valence electrons. The highest BCUT2D eigenvalue weighted by atomic mass is 15.4. The minimum absolute atomic E-state index is 0.738. The average Bonchev–Trinajstić information content (AvgIpc) is 2.86. The molecule has 2 unspecified atom stereocenters. The van der Waals surface area contributed by atoms with Crippen LogP contribution in [0.3, 0.4) is 0 Å². The van der Waals surface area contributed by atoms with Gasteiger partial charge in [-0.2, -0.15) is 0 Å². The third-order valence-corrected chi connectivity index (χ3v) is 3.37. The maximum Gasteiger partial charge on any atom is 0.0829 e. The Labute approximate surface area is 97.4 Å². The van der Waals surface area contributed by atoms with E-state index in [2.05, 4.69) is 22.6 Å². The molecule has 0 amide bonds. The van der Waals surface area contributed by atoms with E-state index in [9.17, 15) is 0 Å². The Hall–Kier alpha value is -0.900. The van der Waals surface area contributed by atoms with Gasteiger partial charge in [-0.1, -0.05) is 12.1 Å². The molecule has 1 aromatic rings. The third-order valence-electron chi connectivity index (χ3n) is 3.37. The van der Waals surface area contributed by atoms with Crippen molar-refractivity contribution in [3.63, 3.8) is 0 Å². The fourth-order valence-corrected chi connectivity index (χ4v) is 2.58. The summed E-state index contributed by atoms with van der Waals surface area (Å²) >= 11 is 0. The van der Waals surface area contributed by atoms with Gasteiger partial charge in [0.05, 0.1) is 5.69 Å². The van der Waals surface area contributed by atoms with E-state index >= 15 is 0 Å². The predicted molar refractivity (Wildman–Crippen MR) is 64.1 cm³/mol. The highest BCUT2D eigenvalue weighted by molar-refractivity contribution is 4.96. The van der Waals surface area contributed by atoms with Gasteiger partial charge >= 0.3 is 0 Å². The lowest BCUT2D eigenvalue weighted by atomic mass is 10.0.